The van der Waals surface area contributed by atoms with Gasteiger partial charge in [0.25, 0.3) is 5.91 Å². The van der Waals surface area contributed by atoms with Gasteiger partial charge in [0.15, 0.2) is 6.10 Å². The van der Waals surface area contributed by atoms with Crippen LogP contribution in [0.4, 0.5) is 5.69 Å². The second-order valence-electron chi connectivity index (χ2n) is 5.85. The lowest BCUT2D eigenvalue weighted by molar-refractivity contribution is -0.148. The van der Waals surface area contributed by atoms with E-state index in [-0.39, 0.29) is 0 Å². The van der Waals surface area contributed by atoms with Crippen molar-refractivity contribution in [3.63, 3.8) is 0 Å². The maximum Gasteiger partial charge on any atom is 0.331 e. The Kier molecular flexibility index (Phi) is 6.16. The normalized spacial score (nSPS) is 12.0. The number of ether oxygens (including phenoxy) is 2. The smallest absolute Gasteiger partial charge is 0.331 e. The Hall–Kier alpha value is -3.09. The van der Waals surface area contributed by atoms with Crippen molar-refractivity contribution in [3.05, 3.63) is 47.3 Å². The van der Waals surface area contributed by atoms with Crippen LogP contribution < -0.4 is 10.1 Å². The highest BCUT2D eigenvalue weighted by molar-refractivity contribution is 5.97. The van der Waals surface area contributed by atoms with Crippen LogP contribution in [0.25, 0.3) is 6.08 Å². The number of aromatic nitrogens is 2. The predicted octanol–water partition coefficient (Wildman–Crippen LogP) is 2.63. The van der Waals surface area contributed by atoms with Crippen LogP contribution in [0.15, 0.2) is 30.3 Å². The molecular weight excluding hydrogens is 334 g/mol. The Morgan fingerprint density at radius 2 is 2.04 bits per heavy atom. The van der Waals surface area contributed by atoms with Gasteiger partial charge >= 0.3 is 5.97 Å². The van der Waals surface area contributed by atoms with Crippen LogP contribution in [0, 0.1) is 13.8 Å². The fraction of sp³-hybridized carbons (Fsp3) is 0.316. The van der Waals surface area contributed by atoms with Crippen molar-refractivity contribution in [1.82, 2.24) is 9.78 Å². The number of esters is 1. The molecule has 1 heterocycles. The summed E-state index contributed by atoms with van der Waals surface area (Å²) >= 11 is 0. The molecule has 0 radical (unpaired) electrons. The molecule has 26 heavy (non-hydrogen) atoms. The molecule has 0 aliphatic heterocycles. The Balaban J connectivity index is 1.95. The molecule has 1 amide bonds. The van der Waals surface area contributed by atoms with E-state index in [2.05, 4.69) is 10.4 Å². The van der Waals surface area contributed by atoms with Crippen molar-refractivity contribution >= 4 is 23.6 Å². The average Bonchev–Trinajstić information content (AvgIpc) is 2.86. The van der Waals surface area contributed by atoms with Gasteiger partial charge in [-0.3, -0.25) is 9.48 Å². The monoisotopic (exact) mass is 357 g/mol. The molecule has 0 aliphatic carbocycles. The van der Waals surface area contributed by atoms with Gasteiger partial charge in [-0.1, -0.05) is 12.1 Å². The van der Waals surface area contributed by atoms with Crippen LogP contribution in [0.2, 0.25) is 0 Å². The minimum atomic E-state index is -0.934. The molecule has 0 bridgehead atoms. The first-order valence-electron chi connectivity index (χ1n) is 8.15. The number of carbonyl (C=O) groups excluding carboxylic acids is 2. The van der Waals surface area contributed by atoms with E-state index in [0.717, 1.165) is 11.3 Å². The Morgan fingerprint density at radius 3 is 2.65 bits per heavy atom. The Morgan fingerprint density at radius 1 is 1.31 bits per heavy atom. The van der Waals surface area contributed by atoms with Crippen LogP contribution >= 0.6 is 0 Å². The summed E-state index contributed by atoms with van der Waals surface area (Å²) < 4.78 is 12.0. The molecular formula is C19H23N3O4. The van der Waals surface area contributed by atoms with Crippen molar-refractivity contribution in [2.75, 3.05) is 12.4 Å². The molecule has 0 spiro atoms. The first-order valence-corrected chi connectivity index (χ1v) is 8.15. The molecule has 0 aliphatic rings. The number of nitrogens with one attached hydrogen (secondary N) is 1. The number of nitrogens with zero attached hydrogens (tertiary/aromatic N) is 2. The number of hydrogen-bond acceptors (Lipinski definition) is 5. The highest BCUT2D eigenvalue weighted by Gasteiger charge is 2.20. The molecule has 7 heteroatoms. The molecule has 1 aromatic carbocycles. The van der Waals surface area contributed by atoms with Crippen molar-refractivity contribution in [1.29, 1.82) is 0 Å². The maximum absolute atomic E-state index is 12.3. The van der Waals surface area contributed by atoms with Gasteiger partial charge in [0.1, 0.15) is 5.75 Å². The SMILES string of the molecule is COc1cccc(/C=C/C(=O)O[C@H](C)C(=O)Nc2c(C)nn(C)c2C)c1. The minimum Gasteiger partial charge on any atom is -0.497 e. The molecule has 7 nitrogen and oxygen atoms in total. The predicted molar refractivity (Wildman–Crippen MR) is 98.9 cm³/mol. The second kappa shape index (κ2) is 8.33. The zero-order chi connectivity index (χ0) is 19.3. The molecule has 138 valence electrons. The number of rotatable bonds is 6. The molecule has 0 unspecified atom stereocenters. The van der Waals surface area contributed by atoms with Gasteiger partial charge in [0.05, 0.1) is 24.2 Å². The lowest BCUT2D eigenvalue weighted by Gasteiger charge is -2.12. The molecule has 0 saturated heterocycles. The van der Waals surface area contributed by atoms with Crippen molar-refractivity contribution in [2.45, 2.75) is 26.9 Å². The molecule has 2 aromatic rings. The van der Waals surface area contributed by atoms with Crippen LogP contribution in [0.5, 0.6) is 5.75 Å². The van der Waals surface area contributed by atoms with E-state index in [1.807, 2.05) is 25.1 Å². The van der Waals surface area contributed by atoms with Crippen LogP contribution in [0.3, 0.4) is 0 Å². The minimum absolute atomic E-state index is 0.410. The highest BCUT2D eigenvalue weighted by Crippen LogP contribution is 2.19. The summed E-state index contributed by atoms with van der Waals surface area (Å²) in [5, 5.41) is 6.99. The molecule has 0 fully saturated rings. The summed E-state index contributed by atoms with van der Waals surface area (Å²) in [4.78, 5) is 24.2. The van der Waals surface area contributed by atoms with E-state index in [1.165, 1.54) is 13.0 Å². The van der Waals surface area contributed by atoms with Gasteiger partial charge in [0, 0.05) is 13.1 Å². The first-order chi connectivity index (χ1) is 12.3. The highest BCUT2D eigenvalue weighted by atomic mass is 16.5. The van der Waals surface area contributed by atoms with Crippen molar-refractivity contribution < 1.29 is 19.1 Å². The number of hydrogen-bond donors (Lipinski definition) is 1. The van der Waals surface area contributed by atoms with Gasteiger partial charge in [-0.15, -0.1) is 0 Å². The largest absolute Gasteiger partial charge is 0.497 e. The number of amides is 1. The molecule has 1 N–H and O–H groups in total. The standard InChI is InChI=1S/C19H23N3O4/c1-12-18(13(2)22(4)21-12)20-19(24)14(3)26-17(23)10-9-15-7-6-8-16(11-15)25-5/h6-11,14H,1-5H3,(H,20,24)/b10-9+/t14-/m1/s1. The van der Waals surface area contributed by atoms with E-state index in [0.29, 0.717) is 17.1 Å². The average molecular weight is 357 g/mol. The molecule has 0 saturated carbocycles. The molecule has 1 aromatic heterocycles. The lowest BCUT2D eigenvalue weighted by atomic mass is 10.2. The zero-order valence-electron chi connectivity index (χ0n) is 15.6. The molecule has 1 atom stereocenters. The van der Waals surface area contributed by atoms with E-state index in [1.54, 1.807) is 37.9 Å². The Labute approximate surface area is 152 Å². The summed E-state index contributed by atoms with van der Waals surface area (Å²) in [6, 6.07) is 7.24. The van der Waals surface area contributed by atoms with Gasteiger partial charge in [-0.05, 0) is 44.5 Å². The van der Waals surface area contributed by atoms with Crippen LogP contribution in [-0.2, 0) is 21.4 Å². The molecule has 2 rings (SSSR count). The van der Waals surface area contributed by atoms with E-state index >= 15 is 0 Å². The summed E-state index contributed by atoms with van der Waals surface area (Å²) in [5.41, 5.74) is 2.95. The summed E-state index contributed by atoms with van der Waals surface area (Å²) in [6.45, 7) is 5.17. The van der Waals surface area contributed by atoms with Crippen LogP contribution in [0.1, 0.15) is 23.9 Å². The van der Waals surface area contributed by atoms with Crippen molar-refractivity contribution in [2.24, 2.45) is 7.05 Å². The third kappa shape index (κ3) is 4.72. The van der Waals surface area contributed by atoms with Gasteiger partial charge in [-0.2, -0.15) is 5.10 Å². The topological polar surface area (TPSA) is 82.4 Å². The lowest BCUT2D eigenvalue weighted by Crippen LogP contribution is -2.29. The van der Waals surface area contributed by atoms with E-state index < -0.39 is 18.0 Å². The van der Waals surface area contributed by atoms with Gasteiger partial charge in [0.2, 0.25) is 0 Å². The van der Waals surface area contributed by atoms with E-state index in [9.17, 15) is 9.59 Å². The zero-order valence-corrected chi connectivity index (χ0v) is 15.6. The third-order valence-electron chi connectivity index (χ3n) is 3.93. The fourth-order valence-electron chi connectivity index (χ4n) is 2.36. The Bertz CT molecular complexity index is 839. The first kappa shape index (κ1) is 19.2. The number of aryl methyl sites for hydroxylation is 2. The summed E-state index contributed by atoms with van der Waals surface area (Å²) in [7, 11) is 3.37. The van der Waals surface area contributed by atoms with E-state index in [4.69, 9.17) is 9.47 Å². The summed E-state index contributed by atoms with van der Waals surface area (Å²) in [5.74, 6) is -0.321. The number of methoxy groups -OCH3 is 1. The number of anilines is 1. The summed E-state index contributed by atoms with van der Waals surface area (Å²) in [6.07, 6.45) is 1.95. The number of carbonyl (C=O) groups is 2. The van der Waals surface area contributed by atoms with Gasteiger partial charge in [-0.25, -0.2) is 4.79 Å². The van der Waals surface area contributed by atoms with Crippen molar-refractivity contribution in [3.8, 4) is 5.75 Å². The van der Waals surface area contributed by atoms with Gasteiger partial charge < -0.3 is 14.8 Å². The quantitative estimate of drug-likeness (QED) is 0.635. The third-order valence-corrected chi connectivity index (χ3v) is 3.93. The van der Waals surface area contributed by atoms with Crippen LogP contribution in [-0.4, -0.2) is 34.9 Å². The number of benzene rings is 1. The maximum atomic E-state index is 12.3. The fourth-order valence-corrected chi connectivity index (χ4v) is 2.36. The second-order valence-corrected chi connectivity index (χ2v) is 5.85.